The summed E-state index contributed by atoms with van der Waals surface area (Å²) in [6, 6.07) is 7.78. The Kier molecular flexibility index (Phi) is 5.18. The molecule has 0 N–H and O–H groups in total. The average Bonchev–Trinajstić information content (AvgIpc) is 3.46. The van der Waals surface area contributed by atoms with Crippen LogP contribution in [0, 0.1) is 5.92 Å². The first kappa shape index (κ1) is 20.4. The van der Waals surface area contributed by atoms with Crippen molar-refractivity contribution in [2.45, 2.75) is 13.8 Å². The predicted molar refractivity (Wildman–Crippen MR) is 130 cm³/mol. The maximum Gasteiger partial charge on any atom is 0.262 e. The molecule has 4 aromatic rings. The van der Waals surface area contributed by atoms with Gasteiger partial charge in [0.1, 0.15) is 11.0 Å². The third-order valence-corrected chi connectivity index (χ3v) is 8.63. The van der Waals surface area contributed by atoms with Crippen molar-refractivity contribution in [1.82, 2.24) is 13.6 Å². The molecule has 0 spiro atoms. The summed E-state index contributed by atoms with van der Waals surface area (Å²) in [5.41, 5.74) is 3.62. The Morgan fingerprint density at radius 1 is 0.833 bits per heavy atom. The van der Waals surface area contributed by atoms with Gasteiger partial charge in [-0.25, -0.2) is 0 Å². The number of benzene rings is 1. The topological polar surface area (TPSA) is 63.2 Å². The molecule has 1 aliphatic rings. The summed E-state index contributed by atoms with van der Waals surface area (Å²) >= 11 is 11.2. The van der Waals surface area contributed by atoms with E-state index in [0.29, 0.717) is 39.8 Å². The second-order valence-electron chi connectivity index (χ2n) is 7.28. The molecule has 30 heavy (non-hydrogen) atoms. The third-order valence-electron chi connectivity index (χ3n) is 4.82. The largest absolute Gasteiger partial charge is 0.274 e. The molecule has 0 aliphatic carbocycles. The molecule has 5 rings (SSSR count). The molecule has 152 valence electrons. The van der Waals surface area contributed by atoms with E-state index in [-0.39, 0.29) is 17.7 Å². The van der Waals surface area contributed by atoms with Gasteiger partial charge in [-0.15, -0.1) is 22.7 Å². The average molecular weight is 583 g/mol. The predicted octanol–water partition coefficient (Wildman–Crippen LogP) is 6.93. The lowest BCUT2D eigenvalue weighted by Crippen LogP contribution is -2.33. The second kappa shape index (κ2) is 7.59. The van der Waals surface area contributed by atoms with E-state index in [9.17, 15) is 9.59 Å². The van der Waals surface area contributed by atoms with Crippen molar-refractivity contribution in [3.8, 4) is 20.9 Å². The number of rotatable bonds is 4. The Hall–Kier alpha value is -1.46. The molecule has 0 saturated carbocycles. The van der Waals surface area contributed by atoms with Crippen LogP contribution in [0.25, 0.3) is 31.9 Å². The van der Waals surface area contributed by atoms with Crippen LogP contribution in [-0.2, 0) is 0 Å². The Labute approximate surface area is 201 Å². The highest BCUT2D eigenvalue weighted by atomic mass is 79.9. The van der Waals surface area contributed by atoms with Crippen molar-refractivity contribution in [2.24, 2.45) is 5.92 Å². The van der Waals surface area contributed by atoms with Crippen LogP contribution in [0.4, 0.5) is 0 Å². The smallest absolute Gasteiger partial charge is 0.262 e. The molecule has 1 aliphatic heterocycles. The van der Waals surface area contributed by atoms with Gasteiger partial charge in [0.25, 0.3) is 11.8 Å². The number of hydrogen-bond acceptors (Lipinski definition) is 7. The van der Waals surface area contributed by atoms with Crippen LogP contribution in [-0.4, -0.2) is 32.0 Å². The summed E-state index contributed by atoms with van der Waals surface area (Å²) in [6.45, 7) is 4.38. The molecule has 3 aromatic heterocycles. The Morgan fingerprint density at radius 2 is 1.30 bits per heavy atom. The summed E-state index contributed by atoms with van der Waals surface area (Å²) in [7, 11) is 0. The van der Waals surface area contributed by atoms with Gasteiger partial charge < -0.3 is 0 Å². The van der Waals surface area contributed by atoms with E-state index < -0.39 is 0 Å². The first-order valence-corrected chi connectivity index (χ1v) is 13.0. The molecule has 0 fully saturated rings. The number of imide groups is 1. The van der Waals surface area contributed by atoms with Gasteiger partial charge in [-0.05, 0) is 62.0 Å². The van der Waals surface area contributed by atoms with Crippen molar-refractivity contribution in [3.05, 3.63) is 43.0 Å². The molecular weight excluding hydrogens is 570 g/mol. The van der Waals surface area contributed by atoms with E-state index >= 15 is 0 Å². The number of thiophene rings is 2. The van der Waals surface area contributed by atoms with Crippen LogP contribution in [0.15, 0.2) is 31.8 Å². The highest BCUT2D eigenvalue weighted by Gasteiger charge is 2.43. The van der Waals surface area contributed by atoms with E-state index in [1.807, 2.05) is 38.1 Å². The van der Waals surface area contributed by atoms with Crippen molar-refractivity contribution in [3.63, 3.8) is 0 Å². The lowest BCUT2D eigenvalue weighted by Gasteiger charge is -2.16. The highest BCUT2D eigenvalue weighted by Crippen LogP contribution is 2.48. The minimum absolute atomic E-state index is 0.169. The van der Waals surface area contributed by atoms with Gasteiger partial charge in [-0.3, -0.25) is 14.5 Å². The van der Waals surface area contributed by atoms with E-state index in [0.717, 1.165) is 29.1 Å². The number of aromatic nitrogens is 2. The Morgan fingerprint density at radius 3 is 1.67 bits per heavy atom. The third kappa shape index (κ3) is 3.12. The molecule has 0 bridgehead atoms. The molecule has 5 nitrogen and oxygen atoms in total. The zero-order valence-corrected chi connectivity index (χ0v) is 21.4. The van der Waals surface area contributed by atoms with E-state index in [2.05, 4.69) is 40.6 Å². The SMILES string of the molecule is CC(C)CN1C(=O)c2c(c(-c3ccc(Br)s3)c3nsnc3c2-c2ccc(Br)s2)C1=O. The quantitative estimate of drug-likeness (QED) is 0.245. The molecule has 4 heterocycles. The number of carbonyl (C=O) groups is 2. The maximum atomic E-state index is 13.5. The summed E-state index contributed by atoms with van der Waals surface area (Å²) in [5.74, 6) is -0.340. The van der Waals surface area contributed by atoms with Gasteiger partial charge in [-0.1, -0.05) is 13.8 Å². The van der Waals surface area contributed by atoms with E-state index in [1.165, 1.54) is 27.6 Å². The van der Waals surface area contributed by atoms with Crippen molar-refractivity contribution in [2.75, 3.05) is 6.54 Å². The number of amides is 2. The van der Waals surface area contributed by atoms with Crippen LogP contribution < -0.4 is 0 Å². The fraction of sp³-hybridized carbons (Fsp3) is 0.200. The zero-order chi connectivity index (χ0) is 21.2. The molecule has 0 radical (unpaired) electrons. The summed E-state index contributed by atoms with van der Waals surface area (Å²) in [6.07, 6.45) is 0. The molecule has 0 saturated heterocycles. The normalized spacial score (nSPS) is 13.8. The van der Waals surface area contributed by atoms with Gasteiger partial charge in [0.2, 0.25) is 0 Å². The van der Waals surface area contributed by atoms with E-state index in [1.54, 1.807) is 0 Å². The van der Waals surface area contributed by atoms with Gasteiger partial charge in [0.05, 0.1) is 30.4 Å². The van der Waals surface area contributed by atoms with Crippen molar-refractivity contribution < 1.29 is 9.59 Å². The molecule has 10 heteroatoms. The maximum absolute atomic E-state index is 13.5. The Balaban J connectivity index is 1.90. The molecule has 0 unspecified atom stereocenters. The van der Waals surface area contributed by atoms with Gasteiger partial charge >= 0.3 is 0 Å². The van der Waals surface area contributed by atoms with Crippen LogP contribution in [0.1, 0.15) is 34.6 Å². The Bertz CT molecular complexity index is 1240. The van der Waals surface area contributed by atoms with Crippen LogP contribution in [0.5, 0.6) is 0 Å². The summed E-state index contributed by atoms with van der Waals surface area (Å²) in [4.78, 5) is 30.2. The van der Waals surface area contributed by atoms with Gasteiger partial charge in [0, 0.05) is 27.4 Å². The van der Waals surface area contributed by atoms with Crippen molar-refractivity contribution >= 4 is 89.1 Å². The number of halogens is 2. The van der Waals surface area contributed by atoms with Gasteiger partial charge in [-0.2, -0.15) is 8.75 Å². The molecular formula is C20H13Br2N3O2S3. The first-order chi connectivity index (χ1) is 14.4. The number of fused-ring (bicyclic) bond motifs is 2. The van der Waals surface area contributed by atoms with Crippen molar-refractivity contribution in [1.29, 1.82) is 0 Å². The summed E-state index contributed by atoms with van der Waals surface area (Å²) < 4.78 is 11.0. The standard InChI is InChI=1S/C20H13Br2N3O2S3/c1-8(2)7-25-19(26)15-13(9-3-5-11(21)28-9)17-18(24-30-23-17)14(16(15)20(25)27)10-4-6-12(22)29-10/h3-6,8H,7H2,1-2H3. The van der Waals surface area contributed by atoms with E-state index in [4.69, 9.17) is 0 Å². The fourth-order valence-corrected chi connectivity index (χ4v) is 7.14. The molecule has 1 aromatic carbocycles. The number of nitrogens with zero attached hydrogens (tertiary/aromatic N) is 3. The summed E-state index contributed by atoms with van der Waals surface area (Å²) in [5, 5.41) is 0. The lowest BCUT2D eigenvalue weighted by atomic mass is 9.93. The zero-order valence-electron chi connectivity index (χ0n) is 15.7. The van der Waals surface area contributed by atoms with Crippen LogP contribution in [0.3, 0.4) is 0 Å². The fourth-order valence-electron chi connectivity index (χ4n) is 3.70. The number of hydrogen-bond donors (Lipinski definition) is 0. The van der Waals surface area contributed by atoms with Crippen LogP contribution >= 0.6 is 66.3 Å². The lowest BCUT2D eigenvalue weighted by molar-refractivity contribution is 0.0637. The first-order valence-electron chi connectivity index (χ1n) is 9.06. The van der Waals surface area contributed by atoms with Gasteiger partial charge in [0.15, 0.2) is 0 Å². The van der Waals surface area contributed by atoms with Crippen LogP contribution in [0.2, 0.25) is 0 Å². The minimum Gasteiger partial charge on any atom is -0.274 e. The monoisotopic (exact) mass is 581 g/mol. The molecule has 2 amide bonds. The second-order valence-corrected chi connectivity index (χ2v) is 12.7. The molecule has 0 atom stereocenters. The number of carbonyl (C=O) groups excluding carboxylic acids is 2. The highest BCUT2D eigenvalue weighted by molar-refractivity contribution is 9.11. The minimum atomic E-state index is -0.255.